The van der Waals surface area contributed by atoms with Gasteiger partial charge in [0.2, 0.25) is 0 Å². The summed E-state index contributed by atoms with van der Waals surface area (Å²) in [6, 6.07) is 2.91. The fourth-order valence-electron chi connectivity index (χ4n) is 3.56. The highest BCUT2D eigenvalue weighted by molar-refractivity contribution is 7.12. The molecule has 1 N–H and O–H groups in total. The van der Waals surface area contributed by atoms with Crippen LogP contribution in [0.5, 0.6) is 0 Å². The Morgan fingerprint density at radius 3 is 2.81 bits per heavy atom. The molecule has 0 saturated heterocycles. The van der Waals surface area contributed by atoms with E-state index in [4.69, 9.17) is 4.74 Å². The van der Waals surface area contributed by atoms with Crippen LogP contribution in [0.1, 0.15) is 73.2 Å². The van der Waals surface area contributed by atoms with Gasteiger partial charge in [-0.2, -0.15) is 0 Å². The highest BCUT2D eigenvalue weighted by Crippen LogP contribution is 2.32. The van der Waals surface area contributed by atoms with E-state index in [-0.39, 0.29) is 0 Å². The molecule has 2 aliphatic carbocycles. The monoisotopic (exact) mass is 307 g/mol. The first-order valence-electron chi connectivity index (χ1n) is 8.79. The molecule has 3 rings (SSSR count). The zero-order chi connectivity index (χ0) is 14.5. The number of fused-ring (bicyclic) bond motifs is 1. The molecular weight excluding hydrogens is 278 g/mol. The van der Waals surface area contributed by atoms with Gasteiger partial charge in [0.05, 0.1) is 12.7 Å². The maximum Gasteiger partial charge on any atom is 0.0594 e. The number of nitrogens with one attached hydrogen (secondary N) is 1. The highest BCUT2D eigenvalue weighted by atomic mass is 32.1. The van der Waals surface area contributed by atoms with Gasteiger partial charge in [-0.1, -0.05) is 19.3 Å². The Morgan fingerprint density at radius 2 is 2.00 bits per heavy atom. The van der Waals surface area contributed by atoms with Crippen molar-refractivity contribution in [3.05, 3.63) is 21.4 Å². The van der Waals surface area contributed by atoms with Crippen molar-refractivity contribution >= 4 is 11.3 Å². The Balaban J connectivity index is 1.39. The zero-order valence-electron chi connectivity index (χ0n) is 13.3. The van der Waals surface area contributed by atoms with Crippen LogP contribution in [0.15, 0.2) is 6.07 Å². The summed E-state index contributed by atoms with van der Waals surface area (Å²) < 4.78 is 5.99. The van der Waals surface area contributed by atoms with Gasteiger partial charge in [-0.3, -0.25) is 0 Å². The van der Waals surface area contributed by atoms with Crippen molar-refractivity contribution in [1.82, 2.24) is 5.32 Å². The summed E-state index contributed by atoms with van der Waals surface area (Å²) in [5.41, 5.74) is 1.62. The fraction of sp³-hybridized carbons (Fsp3) is 0.778. The Bertz CT molecular complexity index is 413. The van der Waals surface area contributed by atoms with Crippen molar-refractivity contribution in [2.45, 2.75) is 76.9 Å². The molecule has 0 aromatic carbocycles. The molecular formula is C18H29NOS. The third-order valence-corrected chi connectivity index (χ3v) is 6.32. The summed E-state index contributed by atoms with van der Waals surface area (Å²) in [5.74, 6) is 0. The molecule has 21 heavy (non-hydrogen) atoms. The standard InChI is InChI=1S/C18H29NOS/c1-14(18-13-15-7-5-6-10-17(15)21-18)19-11-12-20-16-8-3-2-4-9-16/h13-14,16,19H,2-12H2,1H3. The van der Waals surface area contributed by atoms with E-state index >= 15 is 0 Å². The van der Waals surface area contributed by atoms with E-state index in [9.17, 15) is 0 Å². The van der Waals surface area contributed by atoms with Gasteiger partial charge in [0.15, 0.2) is 0 Å². The molecule has 1 aromatic rings. The normalized spacial score (nSPS) is 21.2. The van der Waals surface area contributed by atoms with Crippen LogP contribution in [0.3, 0.4) is 0 Å². The molecule has 0 aliphatic heterocycles. The van der Waals surface area contributed by atoms with Crippen LogP contribution in [-0.4, -0.2) is 19.3 Å². The van der Waals surface area contributed by atoms with Crippen LogP contribution in [0.2, 0.25) is 0 Å². The summed E-state index contributed by atoms with van der Waals surface area (Å²) in [6.07, 6.45) is 12.5. The van der Waals surface area contributed by atoms with Gasteiger partial charge in [-0.15, -0.1) is 11.3 Å². The Morgan fingerprint density at radius 1 is 1.19 bits per heavy atom. The van der Waals surface area contributed by atoms with Crippen molar-refractivity contribution < 1.29 is 4.74 Å². The van der Waals surface area contributed by atoms with Gasteiger partial charge < -0.3 is 10.1 Å². The van der Waals surface area contributed by atoms with Crippen molar-refractivity contribution in [2.75, 3.05) is 13.2 Å². The second-order valence-electron chi connectivity index (χ2n) is 6.61. The van der Waals surface area contributed by atoms with E-state index in [1.807, 2.05) is 11.3 Å². The van der Waals surface area contributed by atoms with Gasteiger partial charge >= 0.3 is 0 Å². The topological polar surface area (TPSA) is 21.3 Å². The van der Waals surface area contributed by atoms with Crippen molar-refractivity contribution in [2.24, 2.45) is 0 Å². The lowest BCUT2D eigenvalue weighted by molar-refractivity contribution is 0.0296. The maximum atomic E-state index is 5.99. The van der Waals surface area contributed by atoms with E-state index in [0.29, 0.717) is 12.1 Å². The minimum absolute atomic E-state index is 0.468. The average Bonchev–Trinajstić information content (AvgIpc) is 2.96. The van der Waals surface area contributed by atoms with Gasteiger partial charge in [-0.05, 0) is 57.1 Å². The zero-order valence-corrected chi connectivity index (χ0v) is 14.1. The third kappa shape index (κ3) is 4.30. The van der Waals surface area contributed by atoms with Crippen molar-refractivity contribution in [3.63, 3.8) is 0 Å². The Labute approximate surface area is 133 Å². The molecule has 3 heteroatoms. The van der Waals surface area contributed by atoms with Crippen LogP contribution in [0, 0.1) is 0 Å². The summed E-state index contributed by atoms with van der Waals surface area (Å²) in [6.45, 7) is 4.12. The molecule has 1 fully saturated rings. The predicted molar refractivity (Wildman–Crippen MR) is 90.2 cm³/mol. The molecule has 0 radical (unpaired) electrons. The first kappa shape index (κ1) is 15.5. The summed E-state index contributed by atoms with van der Waals surface area (Å²) in [7, 11) is 0. The van der Waals surface area contributed by atoms with Crippen LogP contribution in [0.25, 0.3) is 0 Å². The van der Waals surface area contributed by atoms with Crippen molar-refractivity contribution in [1.29, 1.82) is 0 Å². The van der Waals surface area contributed by atoms with Crippen LogP contribution < -0.4 is 5.32 Å². The number of aryl methyl sites for hydroxylation is 2. The minimum atomic E-state index is 0.468. The number of hydrogen-bond acceptors (Lipinski definition) is 3. The SMILES string of the molecule is CC(NCCOC1CCCCC1)c1cc2c(s1)CCCC2. The molecule has 2 aliphatic rings. The van der Waals surface area contributed by atoms with Crippen LogP contribution in [-0.2, 0) is 17.6 Å². The second-order valence-corrected chi connectivity index (χ2v) is 7.78. The number of hydrogen-bond donors (Lipinski definition) is 1. The molecule has 118 valence electrons. The predicted octanol–water partition coefficient (Wildman–Crippen LogP) is 4.63. The highest BCUT2D eigenvalue weighted by Gasteiger charge is 2.17. The largest absolute Gasteiger partial charge is 0.377 e. The fourth-order valence-corrected chi connectivity index (χ4v) is 4.84. The van der Waals surface area contributed by atoms with Crippen LogP contribution >= 0.6 is 11.3 Å². The lowest BCUT2D eigenvalue weighted by Crippen LogP contribution is -2.26. The number of thiophene rings is 1. The molecule has 2 nitrogen and oxygen atoms in total. The van der Waals surface area contributed by atoms with Gasteiger partial charge in [0, 0.05) is 22.3 Å². The third-order valence-electron chi connectivity index (χ3n) is 4.90. The lowest BCUT2D eigenvalue weighted by atomic mass is 9.98. The van der Waals surface area contributed by atoms with E-state index < -0.39 is 0 Å². The first-order valence-corrected chi connectivity index (χ1v) is 9.61. The molecule has 1 atom stereocenters. The van der Waals surface area contributed by atoms with Crippen LogP contribution in [0.4, 0.5) is 0 Å². The van der Waals surface area contributed by atoms with Gasteiger partial charge in [0.25, 0.3) is 0 Å². The molecule has 1 saturated carbocycles. The maximum absolute atomic E-state index is 5.99. The number of ether oxygens (including phenoxy) is 1. The van der Waals surface area contributed by atoms with E-state index in [1.54, 1.807) is 10.4 Å². The van der Waals surface area contributed by atoms with Crippen molar-refractivity contribution in [3.8, 4) is 0 Å². The molecule has 0 bridgehead atoms. The Hall–Kier alpha value is -0.380. The number of rotatable bonds is 6. The van der Waals surface area contributed by atoms with E-state index in [1.165, 1.54) is 62.7 Å². The second kappa shape index (κ2) is 7.75. The summed E-state index contributed by atoms with van der Waals surface area (Å²) in [4.78, 5) is 3.16. The summed E-state index contributed by atoms with van der Waals surface area (Å²) >= 11 is 2.03. The molecule has 1 heterocycles. The van der Waals surface area contributed by atoms with E-state index in [0.717, 1.165) is 13.2 Å². The van der Waals surface area contributed by atoms with Gasteiger partial charge in [0.1, 0.15) is 0 Å². The summed E-state index contributed by atoms with van der Waals surface area (Å²) in [5, 5.41) is 3.63. The molecule has 0 amide bonds. The minimum Gasteiger partial charge on any atom is -0.377 e. The molecule has 1 aromatic heterocycles. The molecule has 0 spiro atoms. The lowest BCUT2D eigenvalue weighted by Gasteiger charge is -2.22. The first-order chi connectivity index (χ1) is 10.3. The quantitative estimate of drug-likeness (QED) is 0.774. The van der Waals surface area contributed by atoms with Gasteiger partial charge in [-0.25, -0.2) is 0 Å². The van der Waals surface area contributed by atoms with E-state index in [2.05, 4.69) is 18.3 Å². The average molecular weight is 308 g/mol. The molecule has 1 unspecified atom stereocenters. The smallest absolute Gasteiger partial charge is 0.0594 e. The Kier molecular flexibility index (Phi) is 5.73.